The van der Waals surface area contributed by atoms with Crippen LogP contribution in [0.2, 0.25) is 0 Å². The van der Waals surface area contributed by atoms with Gasteiger partial charge in [-0.3, -0.25) is 14.9 Å². The van der Waals surface area contributed by atoms with Crippen LogP contribution in [0.3, 0.4) is 0 Å². The molecule has 1 N–H and O–H groups in total. The van der Waals surface area contributed by atoms with E-state index in [-0.39, 0.29) is 16.1 Å². The van der Waals surface area contributed by atoms with Gasteiger partial charge in [0.05, 0.1) is 9.82 Å². The molecule has 1 atom stereocenters. The zero-order chi connectivity index (χ0) is 15.5. The number of non-ortho nitro benzene ring substituents is 1. The maximum Gasteiger partial charge on any atom is 0.269 e. The standard InChI is InChI=1S/C12H16N2O5S/c1-4-8(2)12(15)13-20(18,19)11-6-5-10(14(16)17)7-9(11)3/h5-8H,4H2,1-3H3,(H,13,15). The lowest BCUT2D eigenvalue weighted by Crippen LogP contribution is -2.34. The molecular formula is C12H16N2O5S. The normalized spacial score (nSPS) is 12.8. The molecule has 0 spiro atoms. The summed E-state index contributed by atoms with van der Waals surface area (Å²) < 4.78 is 26.1. The van der Waals surface area contributed by atoms with E-state index in [2.05, 4.69) is 0 Å². The number of nitrogens with one attached hydrogen (secondary N) is 1. The summed E-state index contributed by atoms with van der Waals surface area (Å²) in [5.41, 5.74) is 0.0124. The van der Waals surface area contributed by atoms with E-state index in [1.807, 2.05) is 4.72 Å². The molecule has 0 bridgehead atoms. The van der Waals surface area contributed by atoms with Gasteiger partial charge in [0.2, 0.25) is 5.91 Å². The van der Waals surface area contributed by atoms with Crippen molar-refractivity contribution in [2.75, 3.05) is 0 Å². The maximum absolute atomic E-state index is 12.1. The molecule has 110 valence electrons. The second-order valence-electron chi connectivity index (χ2n) is 4.49. The number of nitrogens with zero attached hydrogens (tertiary/aromatic N) is 1. The van der Waals surface area contributed by atoms with Crippen molar-refractivity contribution in [3.05, 3.63) is 33.9 Å². The molecule has 0 aliphatic rings. The van der Waals surface area contributed by atoms with Gasteiger partial charge in [-0.05, 0) is 25.0 Å². The fourth-order valence-corrected chi connectivity index (χ4v) is 2.83. The van der Waals surface area contributed by atoms with Crippen molar-refractivity contribution >= 4 is 21.6 Å². The lowest BCUT2D eigenvalue weighted by atomic mass is 10.1. The highest BCUT2D eigenvalue weighted by Crippen LogP contribution is 2.21. The molecule has 7 nitrogen and oxygen atoms in total. The van der Waals surface area contributed by atoms with Crippen LogP contribution < -0.4 is 4.72 Å². The Hall–Kier alpha value is -1.96. The first-order valence-electron chi connectivity index (χ1n) is 6.00. The monoisotopic (exact) mass is 300 g/mol. The van der Waals surface area contributed by atoms with E-state index in [0.29, 0.717) is 6.42 Å². The van der Waals surface area contributed by atoms with Gasteiger partial charge < -0.3 is 0 Å². The summed E-state index contributed by atoms with van der Waals surface area (Å²) in [6, 6.07) is 3.37. The third-order valence-electron chi connectivity index (χ3n) is 2.95. The molecule has 0 aromatic heterocycles. The lowest BCUT2D eigenvalue weighted by molar-refractivity contribution is -0.385. The van der Waals surface area contributed by atoms with Gasteiger partial charge in [-0.15, -0.1) is 0 Å². The van der Waals surface area contributed by atoms with Crippen LogP contribution in [0.1, 0.15) is 25.8 Å². The Bertz CT molecular complexity index is 639. The average molecular weight is 300 g/mol. The molecule has 1 aromatic rings. The van der Waals surface area contributed by atoms with E-state index < -0.39 is 26.8 Å². The van der Waals surface area contributed by atoms with Crippen molar-refractivity contribution in [2.45, 2.75) is 32.1 Å². The Morgan fingerprint density at radius 2 is 2.05 bits per heavy atom. The van der Waals surface area contributed by atoms with E-state index in [1.54, 1.807) is 13.8 Å². The van der Waals surface area contributed by atoms with E-state index in [1.165, 1.54) is 6.92 Å². The number of amides is 1. The number of hydrogen-bond donors (Lipinski definition) is 1. The van der Waals surface area contributed by atoms with E-state index >= 15 is 0 Å². The van der Waals surface area contributed by atoms with Crippen molar-refractivity contribution in [3.63, 3.8) is 0 Å². The van der Waals surface area contributed by atoms with Crippen molar-refractivity contribution in [3.8, 4) is 0 Å². The molecule has 1 unspecified atom stereocenters. The number of carbonyl (C=O) groups excluding carboxylic acids is 1. The Morgan fingerprint density at radius 3 is 2.50 bits per heavy atom. The van der Waals surface area contributed by atoms with Crippen molar-refractivity contribution < 1.29 is 18.1 Å². The first kappa shape index (κ1) is 16.1. The van der Waals surface area contributed by atoms with Gasteiger partial charge in [-0.2, -0.15) is 0 Å². The summed E-state index contributed by atoms with van der Waals surface area (Å²) in [7, 11) is -4.01. The van der Waals surface area contributed by atoms with Gasteiger partial charge in [-0.1, -0.05) is 13.8 Å². The number of nitro benzene ring substituents is 1. The minimum Gasteiger partial charge on any atom is -0.274 e. The molecule has 0 fully saturated rings. The zero-order valence-corrected chi connectivity index (χ0v) is 12.2. The maximum atomic E-state index is 12.1. The SMILES string of the molecule is CCC(C)C(=O)NS(=O)(=O)c1ccc([N+](=O)[O-])cc1C. The molecule has 0 saturated carbocycles. The van der Waals surface area contributed by atoms with E-state index in [9.17, 15) is 23.3 Å². The Labute approximate surface area is 117 Å². The van der Waals surface area contributed by atoms with Crippen LogP contribution in [0.25, 0.3) is 0 Å². The Balaban J connectivity index is 3.11. The Kier molecular flexibility index (Phi) is 4.83. The van der Waals surface area contributed by atoms with Gasteiger partial charge in [0.15, 0.2) is 0 Å². The number of aryl methyl sites for hydroxylation is 1. The van der Waals surface area contributed by atoms with Crippen LogP contribution in [-0.4, -0.2) is 19.2 Å². The minimum atomic E-state index is -4.01. The van der Waals surface area contributed by atoms with Gasteiger partial charge in [0.25, 0.3) is 15.7 Å². The van der Waals surface area contributed by atoms with Gasteiger partial charge in [-0.25, -0.2) is 13.1 Å². The highest BCUT2D eigenvalue weighted by molar-refractivity contribution is 7.90. The lowest BCUT2D eigenvalue weighted by Gasteiger charge is -2.12. The highest BCUT2D eigenvalue weighted by Gasteiger charge is 2.23. The molecule has 0 radical (unpaired) electrons. The summed E-state index contributed by atoms with van der Waals surface area (Å²) in [4.78, 5) is 21.5. The molecule has 0 aliphatic carbocycles. The van der Waals surface area contributed by atoms with Crippen LogP contribution in [0.4, 0.5) is 5.69 Å². The fourth-order valence-electron chi connectivity index (χ4n) is 1.52. The molecule has 0 saturated heterocycles. The van der Waals surface area contributed by atoms with Gasteiger partial charge in [0, 0.05) is 18.1 Å². The van der Waals surface area contributed by atoms with Crippen LogP contribution in [0.15, 0.2) is 23.1 Å². The summed E-state index contributed by atoms with van der Waals surface area (Å²) in [5, 5.41) is 10.6. The smallest absolute Gasteiger partial charge is 0.269 e. The van der Waals surface area contributed by atoms with Crippen LogP contribution in [0, 0.1) is 23.0 Å². The van der Waals surface area contributed by atoms with Crippen LogP contribution in [0.5, 0.6) is 0 Å². The molecule has 0 aliphatic heterocycles. The molecular weight excluding hydrogens is 284 g/mol. The number of nitro groups is 1. The van der Waals surface area contributed by atoms with Crippen molar-refractivity contribution in [2.24, 2.45) is 5.92 Å². The average Bonchev–Trinajstić information content (AvgIpc) is 2.36. The number of carbonyl (C=O) groups is 1. The predicted molar refractivity (Wildman–Crippen MR) is 72.6 cm³/mol. The third-order valence-corrected chi connectivity index (χ3v) is 4.46. The number of sulfonamides is 1. The molecule has 1 aromatic carbocycles. The predicted octanol–water partition coefficient (Wildman–Crippen LogP) is 1.75. The van der Waals surface area contributed by atoms with Crippen molar-refractivity contribution in [1.29, 1.82) is 0 Å². The fraction of sp³-hybridized carbons (Fsp3) is 0.417. The van der Waals surface area contributed by atoms with Crippen molar-refractivity contribution in [1.82, 2.24) is 4.72 Å². The number of rotatable bonds is 5. The molecule has 0 heterocycles. The molecule has 20 heavy (non-hydrogen) atoms. The van der Waals surface area contributed by atoms with E-state index in [0.717, 1.165) is 18.2 Å². The first-order valence-corrected chi connectivity index (χ1v) is 7.49. The topological polar surface area (TPSA) is 106 Å². The van der Waals surface area contributed by atoms with Gasteiger partial charge >= 0.3 is 0 Å². The summed E-state index contributed by atoms with van der Waals surface area (Å²) in [6.07, 6.45) is 0.514. The van der Waals surface area contributed by atoms with E-state index in [4.69, 9.17) is 0 Å². The second kappa shape index (κ2) is 6.00. The molecule has 8 heteroatoms. The van der Waals surface area contributed by atoms with Crippen LogP contribution >= 0.6 is 0 Å². The zero-order valence-electron chi connectivity index (χ0n) is 11.4. The summed E-state index contributed by atoms with van der Waals surface area (Å²) >= 11 is 0. The Morgan fingerprint density at radius 1 is 1.45 bits per heavy atom. The van der Waals surface area contributed by atoms with Crippen LogP contribution in [-0.2, 0) is 14.8 Å². The third kappa shape index (κ3) is 3.53. The quantitative estimate of drug-likeness (QED) is 0.658. The summed E-state index contributed by atoms with van der Waals surface area (Å²) in [5.74, 6) is -1.02. The number of benzene rings is 1. The largest absolute Gasteiger partial charge is 0.274 e. The second-order valence-corrected chi connectivity index (χ2v) is 6.14. The first-order chi connectivity index (χ1) is 9.19. The number of hydrogen-bond acceptors (Lipinski definition) is 5. The summed E-state index contributed by atoms with van der Waals surface area (Å²) in [6.45, 7) is 4.83. The molecule has 1 amide bonds. The minimum absolute atomic E-state index is 0.139. The molecule has 1 rings (SSSR count). The highest BCUT2D eigenvalue weighted by atomic mass is 32.2. The van der Waals surface area contributed by atoms with Gasteiger partial charge in [0.1, 0.15) is 0 Å².